The van der Waals surface area contributed by atoms with E-state index in [1.165, 1.54) is 19.3 Å². The van der Waals surface area contributed by atoms with Crippen molar-refractivity contribution in [3.8, 4) is 17.0 Å². The molecular formula is C26H27F4N5O3. The Morgan fingerprint density at radius 1 is 1.16 bits per heavy atom. The number of nitrogens with one attached hydrogen (secondary N) is 3. The summed E-state index contributed by atoms with van der Waals surface area (Å²) in [5, 5.41) is 5.36. The van der Waals surface area contributed by atoms with E-state index in [1.54, 1.807) is 6.92 Å². The largest absolute Gasteiger partial charge is 0.493 e. The molecule has 0 saturated heterocycles. The topological polar surface area (TPSA) is 109 Å². The summed E-state index contributed by atoms with van der Waals surface area (Å²) in [6, 6.07) is 2.03. The summed E-state index contributed by atoms with van der Waals surface area (Å²) in [6.45, 7) is 3.35. The first-order valence-corrected chi connectivity index (χ1v) is 12.4. The molecule has 202 valence electrons. The molecular weight excluding hydrogens is 506 g/mol. The van der Waals surface area contributed by atoms with Crippen LogP contribution in [0.2, 0.25) is 0 Å². The predicted octanol–water partition coefficient (Wildman–Crippen LogP) is 4.48. The Balaban J connectivity index is 1.49. The van der Waals surface area contributed by atoms with Crippen LogP contribution in [-0.4, -0.2) is 51.6 Å². The monoisotopic (exact) mass is 533 g/mol. The number of carbonyl (C=O) groups is 2. The number of hydrogen-bond acceptors (Lipinski definition) is 5. The molecule has 0 radical (unpaired) electrons. The molecule has 0 aliphatic heterocycles. The molecule has 2 saturated carbocycles. The number of fused-ring (bicyclic) bond motifs is 1. The van der Waals surface area contributed by atoms with Crippen molar-refractivity contribution < 1.29 is 31.9 Å². The zero-order valence-corrected chi connectivity index (χ0v) is 20.8. The second-order valence-electron chi connectivity index (χ2n) is 10.00. The Morgan fingerprint density at radius 2 is 1.92 bits per heavy atom. The summed E-state index contributed by atoms with van der Waals surface area (Å²) in [7, 11) is 0. The lowest BCUT2D eigenvalue weighted by Gasteiger charge is -2.15. The van der Waals surface area contributed by atoms with Gasteiger partial charge in [-0.2, -0.15) is 13.2 Å². The fourth-order valence-corrected chi connectivity index (χ4v) is 4.89. The van der Waals surface area contributed by atoms with Gasteiger partial charge in [-0.3, -0.25) is 9.59 Å². The van der Waals surface area contributed by atoms with Crippen molar-refractivity contribution in [3.63, 3.8) is 0 Å². The highest BCUT2D eigenvalue weighted by Crippen LogP contribution is 2.40. The molecule has 1 aromatic carbocycles. The van der Waals surface area contributed by atoms with Crippen molar-refractivity contribution in [2.75, 3.05) is 6.61 Å². The minimum atomic E-state index is -4.58. The first-order chi connectivity index (χ1) is 18.0. The Morgan fingerprint density at radius 3 is 2.61 bits per heavy atom. The number of hydrogen-bond donors (Lipinski definition) is 3. The number of ether oxygens (including phenoxy) is 1. The molecule has 2 amide bonds. The van der Waals surface area contributed by atoms with E-state index in [2.05, 4.69) is 25.6 Å². The summed E-state index contributed by atoms with van der Waals surface area (Å²) in [4.78, 5) is 36.1. The van der Waals surface area contributed by atoms with Gasteiger partial charge in [0.2, 0.25) is 5.91 Å². The molecule has 38 heavy (non-hydrogen) atoms. The maximum absolute atomic E-state index is 14.6. The highest BCUT2D eigenvalue weighted by atomic mass is 19.4. The first-order valence-electron chi connectivity index (χ1n) is 12.4. The van der Waals surface area contributed by atoms with Crippen molar-refractivity contribution in [2.24, 2.45) is 5.92 Å². The summed E-state index contributed by atoms with van der Waals surface area (Å²) in [6.07, 6.45) is -2.41. The quantitative estimate of drug-likeness (QED) is 0.388. The minimum absolute atomic E-state index is 0.0862. The summed E-state index contributed by atoms with van der Waals surface area (Å²) in [5.41, 5.74) is 0.434. The number of benzene rings is 1. The lowest BCUT2D eigenvalue weighted by atomic mass is 10.0. The number of rotatable bonds is 7. The average Bonchev–Trinajstić information content (AvgIpc) is 3.52. The molecule has 12 heteroatoms. The maximum Gasteiger partial charge on any atom is 0.416 e. The summed E-state index contributed by atoms with van der Waals surface area (Å²) in [5.74, 6) is -0.234. The van der Waals surface area contributed by atoms with E-state index < -0.39 is 29.9 Å². The molecule has 2 aliphatic carbocycles. The molecule has 2 fully saturated rings. The van der Waals surface area contributed by atoms with E-state index >= 15 is 0 Å². The SMILES string of the molecule is CC(=O)N[C@H]1C[C@@H](F)[C@H](NC(=O)c2c(C)[nH]c3c(-c4cc(C(F)(F)F)ccc4OCC4CC4)ncnc23)C1. The third-order valence-corrected chi connectivity index (χ3v) is 6.94. The standard InChI is InChI=1S/C26H27F4N5O3/c1-12-21(25(37)35-19-9-16(8-18(19)27)34-13(2)36)23-24(33-12)22(31-11-32-23)17-7-15(26(28,29)30)5-6-20(17)38-10-14-3-4-14/h5-7,11,14,16,18-19,33H,3-4,8-10H2,1-2H3,(H,34,36)(H,35,37)/t16-,18+,19+/m0/s1. The normalized spacial score (nSPS) is 21.5. The zero-order chi connectivity index (χ0) is 27.2. The zero-order valence-electron chi connectivity index (χ0n) is 20.8. The van der Waals surface area contributed by atoms with E-state index in [0.717, 1.165) is 25.0 Å². The van der Waals surface area contributed by atoms with Gasteiger partial charge in [-0.25, -0.2) is 14.4 Å². The number of H-pyrrole nitrogens is 1. The van der Waals surface area contributed by atoms with Crippen molar-refractivity contribution in [2.45, 2.75) is 64.0 Å². The molecule has 5 rings (SSSR count). The number of amides is 2. The van der Waals surface area contributed by atoms with Gasteiger partial charge in [0.25, 0.3) is 5.91 Å². The van der Waals surface area contributed by atoms with Crippen LogP contribution in [0, 0.1) is 12.8 Å². The van der Waals surface area contributed by atoms with Crippen LogP contribution < -0.4 is 15.4 Å². The molecule has 3 aromatic rings. The fraction of sp³-hybridized carbons (Fsp3) is 0.462. The van der Waals surface area contributed by atoms with Gasteiger partial charge < -0.3 is 20.4 Å². The van der Waals surface area contributed by atoms with Gasteiger partial charge >= 0.3 is 6.18 Å². The third-order valence-electron chi connectivity index (χ3n) is 6.94. The van der Waals surface area contributed by atoms with Crippen LogP contribution >= 0.6 is 0 Å². The highest BCUT2D eigenvalue weighted by molar-refractivity contribution is 6.09. The molecule has 2 aromatic heterocycles. The molecule has 2 heterocycles. The Labute approximate surface area is 215 Å². The van der Waals surface area contributed by atoms with Gasteiger partial charge in [-0.05, 0) is 50.3 Å². The van der Waals surface area contributed by atoms with Crippen LogP contribution in [0.15, 0.2) is 24.5 Å². The molecule has 0 bridgehead atoms. The van der Waals surface area contributed by atoms with E-state index in [1.807, 2.05) is 0 Å². The summed E-state index contributed by atoms with van der Waals surface area (Å²) < 4.78 is 61.1. The minimum Gasteiger partial charge on any atom is -0.493 e. The molecule has 0 unspecified atom stereocenters. The van der Waals surface area contributed by atoms with E-state index in [0.29, 0.717) is 18.2 Å². The number of nitrogens with zero attached hydrogens (tertiary/aromatic N) is 2. The second kappa shape index (κ2) is 9.88. The van der Waals surface area contributed by atoms with Crippen molar-refractivity contribution in [3.05, 3.63) is 41.3 Å². The highest BCUT2D eigenvalue weighted by Gasteiger charge is 2.37. The number of halogens is 4. The number of carbonyl (C=O) groups excluding carboxylic acids is 2. The Bertz CT molecular complexity index is 1390. The van der Waals surface area contributed by atoms with Gasteiger partial charge in [-0.1, -0.05) is 0 Å². The van der Waals surface area contributed by atoms with E-state index in [-0.39, 0.29) is 58.4 Å². The van der Waals surface area contributed by atoms with Crippen molar-refractivity contribution in [1.29, 1.82) is 0 Å². The lowest BCUT2D eigenvalue weighted by Crippen LogP contribution is -2.39. The van der Waals surface area contributed by atoms with Crippen molar-refractivity contribution in [1.82, 2.24) is 25.6 Å². The number of aromatic nitrogens is 3. The predicted molar refractivity (Wildman–Crippen MR) is 130 cm³/mol. The smallest absolute Gasteiger partial charge is 0.416 e. The number of aromatic amines is 1. The number of alkyl halides is 4. The van der Waals surface area contributed by atoms with E-state index in [4.69, 9.17) is 4.74 Å². The van der Waals surface area contributed by atoms with Gasteiger partial charge in [0, 0.05) is 30.6 Å². The maximum atomic E-state index is 14.6. The summed E-state index contributed by atoms with van der Waals surface area (Å²) >= 11 is 0. The average molecular weight is 534 g/mol. The lowest BCUT2D eigenvalue weighted by molar-refractivity contribution is -0.137. The van der Waals surface area contributed by atoms with Crippen LogP contribution in [0.5, 0.6) is 5.75 Å². The van der Waals surface area contributed by atoms with Crippen LogP contribution in [0.25, 0.3) is 22.3 Å². The molecule has 2 aliphatic rings. The van der Waals surface area contributed by atoms with Gasteiger partial charge in [0.15, 0.2) is 0 Å². The second-order valence-corrected chi connectivity index (χ2v) is 10.00. The molecule has 3 atom stereocenters. The molecule has 3 N–H and O–H groups in total. The Kier molecular flexibility index (Phi) is 6.74. The van der Waals surface area contributed by atoms with Gasteiger partial charge in [-0.15, -0.1) is 0 Å². The van der Waals surface area contributed by atoms with Crippen molar-refractivity contribution >= 4 is 22.8 Å². The van der Waals surface area contributed by atoms with Crippen LogP contribution in [0.4, 0.5) is 17.6 Å². The third kappa shape index (κ3) is 5.30. The number of aryl methyl sites for hydroxylation is 1. The molecule has 0 spiro atoms. The first kappa shape index (κ1) is 25.9. The fourth-order valence-electron chi connectivity index (χ4n) is 4.89. The van der Waals surface area contributed by atoms with E-state index in [9.17, 15) is 27.2 Å². The Hall–Kier alpha value is -3.70. The van der Waals surface area contributed by atoms with Crippen LogP contribution in [-0.2, 0) is 11.0 Å². The van der Waals surface area contributed by atoms with Gasteiger partial charge in [0.05, 0.1) is 29.3 Å². The molecule has 8 nitrogen and oxygen atoms in total. The van der Waals surface area contributed by atoms with Crippen LogP contribution in [0.3, 0.4) is 0 Å². The van der Waals surface area contributed by atoms with Crippen LogP contribution in [0.1, 0.15) is 54.2 Å². The van der Waals surface area contributed by atoms with Gasteiger partial charge in [0.1, 0.15) is 29.5 Å².